The zero-order valence-electron chi connectivity index (χ0n) is 5.99. The van der Waals surface area contributed by atoms with Crippen LogP contribution in [0.1, 0.15) is 0 Å². The molecule has 1 rings (SSSR count). The largest absolute Gasteiger partial charge is 0.383 e. The van der Waals surface area contributed by atoms with E-state index < -0.39 is 0 Å². The van der Waals surface area contributed by atoms with Crippen LogP contribution in [0.5, 0.6) is 0 Å². The van der Waals surface area contributed by atoms with Gasteiger partial charge in [-0.2, -0.15) is 0 Å². The van der Waals surface area contributed by atoms with Crippen LogP contribution in [0, 0.1) is 0 Å². The van der Waals surface area contributed by atoms with Crippen LogP contribution in [0.3, 0.4) is 0 Å². The molecule has 0 saturated heterocycles. The first-order valence-electron chi connectivity index (χ1n) is 3.02. The van der Waals surface area contributed by atoms with Gasteiger partial charge in [-0.15, -0.1) is 5.11 Å². The molecular formula is C7H7ClN2O. The first kappa shape index (κ1) is 8.01. The normalized spacial score (nSPS) is 10.4. The fourth-order valence-electron chi connectivity index (χ4n) is 0.596. The van der Waals surface area contributed by atoms with Gasteiger partial charge in [0, 0.05) is 10.3 Å². The van der Waals surface area contributed by atoms with Gasteiger partial charge in [-0.3, -0.25) is 0 Å². The molecule has 0 saturated carbocycles. The van der Waals surface area contributed by atoms with Crippen LogP contribution in [0.2, 0.25) is 5.02 Å². The van der Waals surface area contributed by atoms with Crippen molar-refractivity contribution in [2.75, 3.05) is 7.11 Å². The van der Waals surface area contributed by atoms with E-state index >= 15 is 0 Å². The predicted octanol–water partition coefficient (Wildman–Crippen LogP) is 2.99. The lowest BCUT2D eigenvalue weighted by molar-refractivity contribution is 0.190. The predicted molar refractivity (Wildman–Crippen MR) is 43.0 cm³/mol. The molecule has 3 nitrogen and oxygen atoms in total. The van der Waals surface area contributed by atoms with E-state index in [4.69, 9.17) is 11.6 Å². The van der Waals surface area contributed by atoms with Crippen molar-refractivity contribution in [3.8, 4) is 0 Å². The third-order valence-corrected chi connectivity index (χ3v) is 1.32. The summed E-state index contributed by atoms with van der Waals surface area (Å²) < 4.78 is 0. The van der Waals surface area contributed by atoms with E-state index in [1.165, 1.54) is 7.11 Å². The zero-order valence-corrected chi connectivity index (χ0v) is 6.75. The highest BCUT2D eigenvalue weighted by Crippen LogP contribution is 2.16. The molecule has 0 unspecified atom stereocenters. The molecule has 0 radical (unpaired) electrons. The molecule has 0 bridgehead atoms. The van der Waals surface area contributed by atoms with Gasteiger partial charge in [-0.1, -0.05) is 11.6 Å². The average molecular weight is 171 g/mol. The summed E-state index contributed by atoms with van der Waals surface area (Å²) >= 11 is 5.64. The van der Waals surface area contributed by atoms with E-state index in [0.717, 1.165) is 5.69 Å². The molecule has 0 fully saturated rings. The first-order valence-corrected chi connectivity index (χ1v) is 3.40. The van der Waals surface area contributed by atoms with E-state index in [2.05, 4.69) is 15.2 Å². The fourth-order valence-corrected chi connectivity index (χ4v) is 0.722. The van der Waals surface area contributed by atoms with Crippen LogP contribution in [0.25, 0.3) is 0 Å². The van der Waals surface area contributed by atoms with Crippen molar-refractivity contribution in [2.45, 2.75) is 0 Å². The maximum Gasteiger partial charge on any atom is 0.108 e. The van der Waals surface area contributed by atoms with E-state index in [9.17, 15) is 0 Å². The van der Waals surface area contributed by atoms with Crippen molar-refractivity contribution in [3.05, 3.63) is 29.3 Å². The van der Waals surface area contributed by atoms with Gasteiger partial charge in [0.2, 0.25) is 0 Å². The van der Waals surface area contributed by atoms with Gasteiger partial charge < -0.3 is 4.84 Å². The SMILES string of the molecule is CON=Nc1ccc(Cl)cc1. The summed E-state index contributed by atoms with van der Waals surface area (Å²) in [5.74, 6) is 0. The third-order valence-electron chi connectivity index (χ3n) is 1.06. The third kappa shape index (κ3) is 2.55. The van der Waals surface area contributed by atoms with Crippen molar-refractivity contribution in [1.82, 2.24) is 0 Å². The molecule has 4 heteroatoms. The molecule has 0 N–H and O–H groups in total. The molecule has 58 valence electrons. The second-order valence-corrected chi connectivity index (χ2v) is 2.28. The molecule has 0 aliphatic heterocycles. The summed E-state index contributed by atoms with van der Waals surface area (Å²) in [6.07, 6.45) is 0. The maximum absolute atomic E-state index is 5.64. The van der Waals surface area contributed by atoms with Gasteiger partial charge in [-0.05, 0) is 24.3 Å². The maximum atomic E-state index is 5.64. The van der Waals surface area contributed by atoms with Crippen LogP contribution in [0.4, 0.5) is 5.69 Å². The Morgan fingerprint density at radius 3 is 2.45 bits per heavy atom. The zero-order chi connectivity index (χ0) is 8.10. The topological polar surface area (TPSA) is 34.0 Å². The van der Waals surface area contributed by atoms with Crippen LogP contribution in [-0.4, -0.2) is 7.11 Å². The quantitative estimate of drug-likeness (QED) is 0.496. The molecule has 1 aromatic carbocycles. The minimum Gasteiger partial charge on any atom is -0.383 e. The van der Waals surface area contributed by atoms with Gasteiger partial charge in [-0.25, -0.2) is 0 Å². The molecule has 0 heterocycles. The van der Waals surface area contributed by atoms with Crippen LogP contribution in [0.15, 0.2) is 34.7 Å². The summed E-state index contributed by atoms with van der Waals surface area (Å²) in [5, 5.41) is 7.75. The number of hydrogen-bond acceptors (Lipinski definition) is 3. The first-order chi connectivity index (χ1) is 5.33. The van der Waals surface area contributed by atoms with E-state index in [-0.39, 0.29) is 0 Å². The minimum atomic E-state index is 0.682. The number of rotatable bonds is 2. The monoisotopic (exact) mass is 170 g/mol. The Balaban J connectivity index is 2.73. The highest BCUT2D eigenvalue weighted by atomic mass is 35.5. The molecule has 1 aromatic rings. The second-order valence-electron chi connectivity index (χ2n) is 1.84. The highest BCUT2D eigenvalue weighted by Gasteiger charge is 1.88. The Hall–Kier alpha value is -1.09. The Bertz CT molecular complexity index is 245. The lowest BCUT2D eigenvalue weighted by Gasteiger charge is -1.90. The van der Waals surface area contributed by atoms with Gasteiger partial charge in [0.25, 0.3) is 0 Å². The Labute approximate surface area is 69.6 Å². The Morgan fingerprint density at radius 1 is 1.27 bits per heavy atom. The molecule has 11 heavy (non-hydrogen) atoms. The summed E-state index contributed by atoms with van der Waals surface area (Å²) in [4.78, 5) is 4.40. The number of benzene rings is 1. The highest BCUT2D eigenvalue weighted by molar-refractivity contribution is 6.30. The molecule has 0 amide bonds. The summed E-state index contributed by atoms with van der Waals surface area (Å²) in [6.45, 7) is 0. The molecule has 0 aromatic heterocycles. The Kier molecular flexibility index (Phi) is 2.86. The summed E-state index contributed by atoms with van der Waals surface area (Å²) in [7, 11) is 1.44. The smallest absolute Gasteiger partial charge is 0.108 e. The number of nitrogens with zero attached hydrogens (tertiary/aromatic N) is 2. The molecule has 0 spiro atoms. The lowest BCUT2D eigenvalue weighted by Crippen LogP contribution is -1.65. The van der Waals surface area contributed by atoms with Crippen molar-refractivity contribution in [3.63, 3.8) is 0 Å². The van der Waals surface area contributed by atoms with Crippen LogP contribution >= 0.6 is 11.6 Å². The average Bonchev–Trinajstić information content (AvgIpc) is 2.04. The summed E-state index contributed by atoms with van der Waals surface area (Å²) in [5.41, 5.74) is 0.719. The van der Waals surface area contributed by atoms with Crippen LogP contribution < -0.4 is 0 Å². The number of halogens is 1. The second kappa shape index (κ2) is 3.93. The molecule has 0 aliphatic rings. The van der Waals surface area contributed by atoms with Gasteiger partial charge in [0.15, 0.2) is 0 Å². The Morgan fingerprint density at radius 2 is 1.91 bits per heavy atom. The van der Waals surface area contributed by atoms with E-state index in [1.807, 2.05) is 0 Å². The van der Waals surface area contributed by atoms with Crippen LogP contribution in [-0.2, 0) is 4.84 Å². The van der Waals surface area contributed by atoms with Crippen molar-refractivity contribution in [2.24, 2.45) is 10.4 Å². The fraction of sp³-hybridized carbons (Fsp3) is 0.143. The van der Waals surface area contributed by atoms with Gasteiger partial charge in [0.05, 0.1) is 5.69 Å². The molecule has 0 aliphatic carbocycles. The van der Waals surface area contributed by atoms with E-state index in [0.29, 0.717) is 5.02 Å². The van der Waals surface area contributed by atoms with Crippen molar-refractivity contribution >= 4 is 17.3 Å². The van der Waals surface area contributed by atoms with Gasteiger partial charge in [0.1, 0.15) is 7.11 Å². The van der Waals surface area contributed by atoms with Crippen molar-refractivity contribution in [1.29, 1.82) is 0 Å². The van der Waals surface area contributed by atoms with Crippen molar-refractivity contribution < 1.29 is 4.84 Å². The summed E-state index contributed by atoms with van der Waals surface area (Å²) in [6, 6.07) is 6.99. The van der Waals surface area contributed by atoms with Gasteiger partial charge >= 0.3 is 0 Å². The molecule has 0 atom stereocenters. The standard InChI is InChI=1S/C7H7ClN2O/c1-11-10-9-7-4-2-6(8)3-5-7/h2-5H,1H3. The van der Waals surface area contributed by atoms with E-state index in [1.54, 1.807) is 24.3 Å². The minimum absolute atomic E-state index is 0.682. The number of hydrogen-bond donors (Lipinski definition) is 0. The lowest BCUT2D eigenvalue weighted by atomic mass is 10.3. The molecular weight excluding hydrogens is 164 g/mol.